The molecule has 1 rings (SSSR count). The average molecular weight is 324 g/mol. The maximum absolute atomic E-state index is 9.00. The van der Waals surface area contributed by atoms with Crippen LogP contribution in [0.1, 0.15) is 24.3 Å². The Hall–Kier alpha value is 0.450. The second-order valence-electron chi connectivity index (χ2n) is 3.69. The summed E-state index contributed by atoms with van der Waals surface area (Å²) in [7, 11) is 0. The third-order valence-electron chi connectivity index (χ3n) is 2.35. The molecule has 0 amide bonds. The summed E-state index contributed by atoms with van der Waals surface area (Å²) < 4.78 is 1.17. The van der Waals surface area contributed by atoms with Gasteiger partial charge in [0.25, 0.3) is 0 Å². The molecule has 16 heavy (non-hydrogen) atoms. The van der Waals surface area contributed by atoms with E-state index in [9.17, 15) is 0 Å². The summed E-state index contributed by atoms with van der Waals surface area (Å²) in [5.74, 6) is 1.04. The van der Waals surface area contributed by atoms with Gasteiger partial charge in [-0.25, -0.2) is 0 Å². The van der Waals surface area contributed by atoms with Crippen molar-refractivity contribution in [1.29, 1.82) is 0 Å². The third-order valence-corrected chi connectivity index (χ3v) is 4.89. The Labute approximate surface area is 114 Å². The number of aliphatic hydroxyl groups excluding tert-OH is 1. The van der Waals surface area contributed by atoms with Crippen LogP contribution in [-0.2, 0) is 0 Å². The van der Waals surface area contributed by atoms with Gasteiger partial charge in [-0.2, -0.15) is 11.8 Å². The molecule has 0 bridgehead atoms. The van der Waals surface area contributed by atoms with Gasteiger partial charge in [0.15, 0.2) is 0 Å². The van der Waals surface area contributed by atoms with Crippen molar-refractivity contribution >= 4 is 39.0 Å². The van der Waals surface area contributed by atoms with E-state index in [0.29, 0.717) is 12.1 Å². The molecule has 0 aromatic carbocycles. The van der Waals surface area contributed by atoms with Gasteiger partial charge in [-0.3, -0.25) is 0 Å². The Bertz CT molecular complexity index is 300. The number of nitrogens with one attached hydrogen (secondary N) is 1. The van der Waals surface area contributed by atoms with Crippen molar-refractivity contribution in [3.63, 3.8) is 0 Å². The van der Waals surface area contributed by atoms with Crippen LogP contribution in [0.5, 0.6) is 0 Å². The van der Waals surface area contributed by atoms with Crippen LogP contribution in [-0.4, -0.2) is 29.8 Å². The van der Waals surface area contributed by atoms with Gasteiger partial charge in [-0.05, 0) is 47.7 Å². The van der Waals surface area contributed by atoms with Crippen LogP contribution >= 0.6 is 39.0 Å². The number of rotatable bonds is 7. The predicted molar refractivity (Wildman–Crippen MR) is 77.4 cm³/mol. The molecule has 0 saturated heterocycles. The number of thioether (sulfide) groups is 1. The fourth-order valence-corrected chi connectivity index (χ4v) is 3.67. The van der Waals surface area contributed by atoms with Crippen LogP contribution in [0.2, 0.25) is 0 Å². The van der Waals surface area contributed by atoms with Gasteiger partial charge in [0.1, 0.15) is 0 Å². The molecule has 5 heteroatoms. The Balaban J connectivity index is 2.50. The zero-order chi connectivity index (χ0) is 12.0. The highest BCUT2D eigenvalue weighted by Crippen LogP contribution is 2.27. The fourth-order valence-electron chi connectivity index (χ4n) is 1.57. The van der Waals surface area contributed by atoms with Crippen LogP contribution in [0.15, 0.2) is 15.9 Å². The zero-order valence-electron chi connectivity index (χ0n) is 9.57. The van der Waals surface area contributed by atoms with Gasteiger partial charge in [0.05, 0.1) is 3.79 Å². The van der Waals surface area contributed by atoms with E-state index < -0.39 is 0 Å². The number of halogens is 1. The molecule has 2 N–H and O–H groups in total. The quantitative estimate of drug-likeness (QED) is 0.807. The molecule has 2 nitrogen and oxygen atoms in total. The average Bonchev–Trinajstić information content (AvgIpc) is 2.65. The van der Waals surface area contributed by atoms with E-state index in [0.717, 1.165) is 12.2 Å². The Morgan fingerprint density at radius 2 is 2.31 bits per heavy atom. The SMILES string of the molecule is CSC[C@H](CCO)N[C@@H](C)c1ccc(Br)s1. The molecule has 0 radical (unpaired) electrons. The molecule has 0 aliphatic carbocycles. The van der Waals surface area contributed by atoms with Gasteiger partial charge in [-0.1, -0.05) is 0 Å². The number of aliphatic hydroxyl groups is 1. The highest BCUT2D eigenvalue weighted by atomic mass is 79.9. The van der Waals surface area contributed by atoms with Gasteiger partial charge in [-0.15, -0.1) is 11.3 Å². The normalized spacial score (nSPS) is 15.0. The molecule has 0 saturated carbocycles. The molecule has 92 valence electrons. The summed E-state index contributed by atoms with van der Waals surface area (Å²) in [5, 5.41) is 12.6. The minimum absolute atomic E-state index is 0.249. The van der Waals surface area contributed by atoms with Crippen LogP contribution in [0.4, 0.5) is 0 Å². The van der Waals surface area contributed by atoms with Crippen molar-refractivity contribution < 1.29 is 5.11 Å². The first kappa shape index (κ1) is 14.5. The van der Waals surface area contributed by atoms with E-state index in [1.165, 1.54) is 8.66 Å². The number of hydrogen-bond donors (Lipinski definition) is 2. The predicted octanol–water partition coefficient (Wildman–Crippen LogP) is 3.28. The van der Waals surface area contributed by atoms with Gasteiger partial charge < -0.3 is 10.4 Å². The highest BCUT2D eigenvalue weighted by Gasteiger charge is 2.13. The maximum Gasteiger partial charge on any atom is 0.0701 e. The van der Waals surface area contributed by atoms with E-state index in [2.05, 4.69) is 46.6 Å². The molecule has 1 aromatic rings. The van der Waals surface area contributed by atoms with Crippen molar-refractivity contribution in [3.05, 3.63) is 20.8 Å². The summed E-state index contributed by atoms with van der Waals surface area (Å²) in [6.45, 7) is 2.42. The molecule has 0 aliphatic rings. The van der Waals surface area contributed by atoms with E-state index in [4.69, 9.17) is 5.11 Å². The molecule has 1 heterocycles. The lowest BCUT2D eigenvalue weighted by Crippen LogP contribution is -2.34. The van der Waals surface area contributed by atoms with E-state index in [-0.39, 0.29) is 6.61 Å². The zero-order valence-corrected chi connectivity index (χ0v) is 12.8. The standard InChI is InChI=1S/C11H18BrNOS2/c1-8(10-3-4-11(12)16-10)13-9(5-6-14)7-15-2/h3-4,8-9,13-14H,5-7H2,1-2H3/t8-,9-/m0/s1. The molecular weight excluding hydrogens is 306 g/mol. The van der Waals surface area contributed by atoms with Gasteiger partial charge in [0.2, 0.25) is 0 Å². The summed E-state index contributed by atoms with van der Waals surface area (Å²) in [6.07, 6.45) is 2.91. The van der Waals surface area contributed by atoms with Gasteiger partial charge >= 0.3 is 0 Å². The van der Waals surface area contributed by atoms with E-state index in [1.807, 2.05) is 11.8 Å². The molecule has 1 aromatic heterocycles. The lowest BCUT2D eigenvalue weighted by molar-refractivity contribution is 0.266. The number of thiophene rings is 1. The van der Waals surface area contributed by atoms with E-state index >= 15 is 0 Å². The molecule has 2 atom stereocenters. The van der Waals surface area contributed by atoms with Gasteiger partial charge in [0, 0.05) is 29.3 Å². The highest BCUT2D eigenvalue weighted by molar-refractivity contribution is 9.11. The molecule has 0 aliphatic heterocycles. The van der Waals surface area contributed by atoms with Crippen molar-refractivity contribution in [2.45, 2.75) is 25.4 Å². The van der Waals surface area contributed by atoms with E-state index in [1.54, 1.807) is 11.3 Å². The molecule has 0 spiro atoms. The van der Waals surface area contributed by atoms with Crippen LogP contribution in [0.3, 0.4) is 0 Å². The second kappa shape index (κ2) is 7.71. The first-order chi connectivity index (χ1) is 7.67. The van der Waals surface area contributed by atoms with Crippen molar-refractivity contribution in [2.75, 3.05) is 18.6 Å². The van der Waals surface area contributed by atoms with Crippen LogP contribution in [0, 0.1) is 0 Å². The number of hydrogen-bond acceptors (Lipinski definition) is 4. The minimum Gasteiger partial charge on any atom is -0.396 e. The Kier molecular flexibility index (Phi) is 7.00. The van der Waals surface area contributed by atoms with Crippen molar-refractivity contribution in [1.82, 2.24) is 5.32 Å². The minimum atomic E-state index is 0.249. The lowest BCUT2D eigenvalue weighted by Gasteiger charge is -2.21. The second-order valence-corrected chi connectivity index (χ2v) is 7.10. The largest absolute Gasteiger partial charge is 0.396 e. The van der Waals surface area contributed by atoms with Crippen molar-refractivity contribution in [2.24, 2.45) is 0 Å². The Morgan fingerprint density at radius 3 is 2.81 bits per heavy atom. The molecule has 0 unspecified atom stereocenters. The molecular formula is C11H18BrNOS2. The smallest absolute Gasteiger partial charge is 0.0701 e. The maximum atomic E-state index is 9.00. The summed E-state index contributed by atoms with van der Waals surface area (Å²) in [5.41, 5.74) is 0. The fraction of sp³-hybridized carbons (Fsp3) is 0.636. The summed E-state index contributed by atoms with van der Waals surface area (Å²) >= 11 is 7.05. The van der Waals surface area contributed by atoms with Crippen LogP contribution < -0.4 is 5.32 Å². The monoisotopic (exact) mass is 323 g/mol. The molecule has 0 fully saturated rings. The first-order valence-corrected chi connectivity index (χ1v) is 8.28. The third kappa shape index (κ3) is 4.75. The Morgan fingerprint density at radius 1 is 1.56 bits per heavy atom. The van der Waals surface area contributed by atoms with Crippen LogP contribution in [0.25, 0.3) is 0 Å². The summed E-state index contributed by atoms with van der Waals surface area (Å²) in [4.78, 5) is 1.33. The lowest BCUT2D eigenvalue weighted by atomic mass is 10.2. The summed E-state index contributed by atoms with van der Waals surface area (Å²) in [6, 6.07) is 4.95. The first-order valence-electron chi connectivity index (χ1n) is 5.28. The topological polar surface area (TPSA) is 32.3 Å². The van der Waals surface area contributed by atoms with Crippen molar-refractivity contribution in [3.8, 4) is 0 Å².